The minimum atomic E-state index is -0.192. The zero-order valence-electron chi connectivity index (χ0n) is 9.51. The molecule has 0 saturated heterocycles. The highest BCUT2D eigenvalue weighted by Crippen LogP contribution is 2.24. The number of phenolic OH excluding ortho intramolecular Hbond substituents is 1. The van der Waals surface area contributed by atoms with Gasteiger partial charge in [-0.3, -0.25) is 4.79 Å². The van der Waals surface area contributed by atoms with E-state index in [1.165, 1.54) is 24.5 Å². The van der Waals surface area contributed by atoms with Gasteiger partial charge in [0.2, 0.25) is 5.43 Å². The van der Waals surface area contributed by atoms with Gasteiger partial charge in [0.25, 0.3) is 0 Å². The lowest BCUT2D eigenvalue weighted by Gasteiger charge is -2.04. The van der Waals surface area contributed by atoms with Crippen molar-refractivity contribution in [1.82, 2.24) is 5.16 Å². The molecule has 2 heterocycles. The maximum atomic E-state index is 12.3. The number of aryl methyl sites for hydroxylation is 1. The van der Waals surface area contributed by atoms with Crippen LogP contribution in [0.1, 0.15) is 5.76 Å². The number of benzene rings is 1. The fourth-order valence-electron chi connectivity index (χ4n) is 1.93. The standard InChI is InChI=1S/C13H9NO4/c1-7-12(10-4-5-17-14-10)13(16)9-3-2-8(15)6-11(9)18-7/h2-6,15H,1H3. The van der Waals surface area contributed by atoms with Gasteiger partial charge >= 0.3 is 0 Å². The molecule has 3 rings (SSSR count). The Bertz CT molecular complexity index is 772. The molecule has 3 aromatic rings. The Morgan fingerprint density at radius 2 is 2.11 bits per heavy atom. The Hall–Kier alpha value is -2.56. The molecule has 5 nitrogen and oxygen atoms in total. The maximum Gasteiger partial charge on any atom is 0.202 e. The molecule has 1 aromatic carbocycles. The van der Waals surface area contributed by atoms with Crippen LogP contribution < -0.4 is 5.43 Å². The number of aromatic hydroxyl groups is 1. The van der Waals surface area contributed by atoms with Crippen LogP contribution in [0.25, 0.3) is 22.2 Å². The first-order valence-electron chi connectivity index (χ1n) is 5.34. The maximum absolute atomic E-state index is 12.3. The summed E-state index contributed by atoms with van der Waals surface area (Å²) < 4.78 is 10.3. The second-order valence-electron chi connectivity index (χ2n) is 3.93. The zero-order valence-corrected chi connectivity index (χ0v) is 9.51. The van der Waals surface area contributed by atoms with Gasteiger partial charge < -0.3 is 14.0 Å². The Morgan fingerprint density at radius 3 is 2.83 bits per heavy atom. The van der Waals surface area contributed by atoms with Crippen LogP contribution in [0.2, 0.25) is 0 Å². The molecule has 1 N–H and O–H groups in total. The molecule has 18 heavy (non-hydrogen) atoms. The van der Waals surface area contributed by atoms with Gasteiger partial charge in [0.1, 0.15) is 29.0 Å². The summed E-state index contributed by atoms with van der Waals surface area (Å²) in [7, 11) is 0. The molecule has 0 bridgehead atoms. The molecule has 0 amide bonds. The summed E-state index contributed by atoms with van der Waals surface area (Å²) in [6.07, 6.45) is 1.40. The molecule has 0 aliphatic heterocycles. The van der Waals surface area contributed by atoms with E-state index in [1.54, 1.807) is 13.0 Å². The summed E-state index contributed by atoms with van der Waals surface area (Å²) in [6, 6.07) is 5.99. The Kier molecular flexibility index (Phi) is 2.19. The number of phenols is 1. The average Bonchev–Trinajstić information content (AvgIpc) is 2.82. The van der Waals surface area contributed by atoms with Crippen LogP contribution in [-0.2, 0) is 0 Å². The molecule has 0 atom stereocenters. The van der Waals surface area contributed by atoms with E-state index in [4.69, 9.17) is 8.94 Å². The topological polar surface area (TPSA) is 76.5 Å². The third-order valence-corrected chi connectivity index (χ3v) is 2.75. The number of aromatic nitrogens is 1. The van der Waals surface area contributed by atoms with Crippen molar-refractivity contribution >= 4 is 11.0 Å². The molecule has 0 spiro atoms. The third kappa shape index (κ3) is 1.48. The van der Waals surface area contributed by atoms with Crippen molar-refractivity contribution in [3.05, 3.63) is 46.5 Å². The van der Waals surface area contributed by atoms with Crippen LogP contribution in [0.5, 0.6) is 5.75 Å². The van der Waals surface area contributed by atoms with Gasteiger partial charge in [-0.15, -0.1) is 0 Å². The van der Waals surface area contributed by atoms with E-state index in [1.807, 2.05) is 0 Å². The van der Waals surface area contributed by atoms with E-state index in [-0.39, 0.29) is 11.2 Å². The quantitative estimate of drug-likeness (QED) is 0.710. The summed E-state index contributed by atoms with van der Waals surface area (Å²) in [4.78, 5) is 12.3. The Labute approximate surface area is 101 Å². The molecular weight excluding hydrogens is 234 g/mol. The first-order valence-corrected chi connectivity index (χ1v) is 5.34. The normalized spacial score (nSPS) is 10.9. The molecule has 0 saturated carbocycles. The first-order chi connectivity index (χ1) is 8.66. The van der Waals surface area contributed by atoms with E-state index in [0.29, 0.717) is 28.0 Å². The smallest absolute Gasteiger partial charge is 0.202 e. The highest BCUT2D eigenvalue weighted by molar-refractivity contribution is 5.82. The van der Waals surface area contributed by atoms with Gasteiger partial charge in [0, 0.05) is 12.1 Å². The van der Waals surface area contributed by atoms with Crippen molar-refractivity contribution in [2.24, 2.45) is 0 Å². The lowest BCUT2D eigenvalue weighted by molar-refractivity contribution is 0.421. The first kappa shape index (κ1) is 10.6. The lowest BCUT2D eigenvalue weighted by atomic mass is 10.1. The highest BCUT2D eigenvalue weighted by atomic mass is 16.5. The molecule has 5 heteroatoms. The molecule has 0 unspecified atom stereocenters. The summed E-state index contributed by atoms with van der Waals surface area (Å²) in [5.41, 5.74) is 0.977. The van der Waals surface area contributed by atoms with Crippen molar-refractivity contribution in [1.29, 1.82) is 0 Å². The lowest BCUT2D eigenvalue weighted by Crippen LogP contribution is -2.07. The second kappa shape index (κ2) is 3.73. The minimum Gasteiger partial charge on any atom is -0.508 e. The number of rotatable bonds is 1. The van der Waals surface area contributed by atoms with Gasteiger partial charge in [0.05, 0.1) is 10.9 Å². The SMILES string of the molecule is Cc1oc2cc(O)ccc2c(=O)c1-c1ccon1. The van der Waals surface area contributed by atoms with E-state index in [2.05, 4.69) is 5.16 Å². The Balaban J connectivity index is 2.42. The van der Waals surface area contributed by atoms with Crippen LogP contribution in [0.4, 0.5) is 0 Å². The molecule has 0 radical (unpaired) electrons. The van der Waals surface area contributed by atoms with Crippen molar-refractivity contribution in [3.8, 4) is 17.0 Å². The van der Waals surface area contributed by atoms with E-state index < -0.39 is 0 Å². The van der Waals surface area contributed by atoms with Gasteiger partial charge in [-0.25, -0.2) is 0 Å². The van der Waals surface area contributed by atoms with E-state index in [0.717, 1.165) is 0 Å². The van der Waals surface area contributed by atoms with Crippen LogP contribution in [0.15, 0.2) is 44.3 Å². The van der Waals surface area contributed by atoms with E-state index in [9.17, 15) is 9.90 Å². The van der Waals surface area contributed by atoms with Crippen molar-refractivity contribution in [2.45, 2.75) is 6.92 Å². The monoisotopic (exact) mass is 243 g/mol. The molecule has 2 aromatic heterocycles. The average molecular weight is 243 g/mol. The van der Waals surface area contributed by atoms with Crippen molar-refractivity contribution < 1.29 is 14.0 Å². The number of hydrogen-bond acceptors (Lipinski definition) is 5. The predicted octanol–water partition coefficient (Wildman–Crippen LogP) is 2.46. The summed E-state index contributed by atoms with van der Waals surface area (Å²) in [5, 5.41) is 13.5. The number of nitrogens with zero attached hydrogens (tertiary/aromatic N) is 1. The van der Waals surface area contributed by atoms with Gasteiger partial charge in [-0.05, 0) is 19.1 Å². The molecule has 0 fully saturated rings. The van der Waals surface area contributed by atoms with Gasteiger partial charge in [-0.1, -0.05) is 5.16 Å². The number of hydrogen-bond donors (Lipinski definition) is 1. The Morgan fingerprint density at radius 1 is 1.28 bits per heavy atom. The largest absolute Gasteiger partial charge is 0.508 e. The molecule has 0 aliphatic rings. The molecular formula is C13H9NO4. The van der Waals surface area contributed by atoms with Crippen LogP contribution >= 0.6 is 0 Å². The summed E-state index contributed by atoms with van der Waals surface area (Å²) in [5.74, 6) is 0.492. The summed E-state index contributed by atoms with van der Waals surface area (Å²) in [6.45, 7) is 1.68. The fraction of sp³-hybridized carbons (Fsp3) is 0.0769. The minimum absolute atomic E-state index is 0.0548. The fourth-order valence-corrected chi connectivity index (χ4v) is 1.93. The number of fused-ring (bicyclic) bond motifs is 1. The van der Waals surface area contributed by atoms with Crippen molar-refractivity contribution in [3.63, 3.8) is 0 Å². The van der Waals surface area contributed by atoms with Crippen LogP contribution in [0, 0.1) is 6.92 Å². The third-order valence-electron chi connectivity index (χ3n) is 2.75. The van der Waals surface area contributed by atoms with Gasteiger partial charge in [0.15, 0.2) is 0 Å². The molecule has 0 aliphatic carbocycles. The van der Waals surface area contributed by atoms with E-state index >= 15 is 0 Å². The zero-order chi connectivity index (χ0) is 12.7. The van der Waals surface area contributed by atoms with Gasteiger partial charge in [-0.2, -0.15) is 0 Å². The van der Waals surface area contributed by atoms with Crippen LogP contribution in [-0.4, -0.2) is 10.3 Å². The van der Waals surface area contributed by atoms with Crippen LogP contribution in [0.3, 0.4) is 0 Å². The molecule has 90 valence electrons. The van der Waals surface area contributed by atoms with Crippen molar-refractivity contribution in [2.75, 3.05) is 0 Å². The predicted molar refractivity (Wildman–Crippen MR) is 64.4 cm³/mol. The highest BCUT2D eigenvalue weighted by Gasteiger charge is 2.15. The summed E-state index contributed by atoms with van der Waals surface area (Å²) >= 11 is 0. The second-order valence-corrected chi connectivity index (χ2v) is 3.93.